The molecule has 0 bridgehead atoms. The molecule has 114 valence electrons. The Morgan fingerprint density at radius 2 is 1.65 bits per heavy atom. The van der Waals surface area contributed by atoms with E-state index in [2.05, 4.69) is 0 Å². The standard InChI is InChI=1S/C19H17N3O/c1-12-4-6-15(7-5-12)14(3)19(22)18-9-16(8-13(2)23-18)17(10-20)11-21/h4-9H,22H2,1-3H3. The van der Waals surface area contributed by atoms with E-state index in [1.165, 1.54) is 5.56 Å². The molecule has 1 aromatic rings. The molecular weight excluding hydrogens is 286 g/mol. The third-order valence-corrected chi connectivity index (χ3v) is 3.58. The van der Waals surface area contributed by atoms with Gasteiger partial charge in [0.05, 0.1) is 5.70 Å². The first kappa shape index (κ1) is 16.1. The number of rotatable bonds is 2. The number of nitrogens with two attached hydrogens (primary N) is 1. The van der Waals surface area contributed by atoms with Crippen LogP contribution >= 0.6 is 0 Å². The lowest BCUT2D eigenvalue weighted by Gasteiger charge is -2.18. The van der Waals surface area contributed by atoms with Crippen molar-refractivity contribution in [1.29, 1.82) is 10.5 Å². The molecule has 1 aliphatic rings. The molecule has 1 heterocycles. The number of aryl methyl sites for hydroxylation is 1. The molecule has 0 atom stereocenters. The van der Waals surface area contributed by atoms with E-state index >= 15 is 0 Å². The molecule has 2 rings (SSSR count). The van der Waals surface area contributed by atoms with E-state index in [1.807, 2.05) is 50.3 Å². The zero-order valence-electron chi connectivity index (χ0n) is 13.3. The van der Waals surface area contributed by atoms with Crippen LogP contribution < -0.4 is 5.73 Å². The fourth-order valence-electron chi connectivity index (χ4n) is 2.21. The molecule has 0 aromatic heterocycles. The minimum atomic E-state index is 0.0333. The summed E-state index contributed by atoms with van der Waals surface area (Å²) in [6, 6.07) is 11.8. The zero-order valence-corrected chi connectivity index (χ0v) is 13.3. The molecule has 23 heavy (non-hydrogen) atoms. The van der Waals surface area contributed by atoms with Crippen LogP contribution in [0.1, 0.15) is 25.0 Å². The molecule has 0 unspecified atom stereocenters. The van der Waals surface area contributed by atoms with E-state index in [1.54, 1.807) is 19.1 Å². The predicted octanol–water partition coefficient (Wildman–Crippen LogP) is 3.85. The van der Waals surface area contributed by atoms with Crippen molar-refractivity contribution in [3.63, 3.8) is 0 Å². The van der Waals surface area contributed by atoms with E-state index in [0.29, 0.717) is 22.8 Å². The number of nitriles is 2. The molecule has 0 fully saturated rings. The SMILES string of the molecule is CC1=CC(=C(C#N)C#N)C=C(C(N)=C(C)c2ccc(C)cc2)O1. The van der Waals surface area contributed by atoms with Crippen LogP contribution in [0.25, 0.3) is 5.57 Å². The highest BCUT2D eigenvalue weighted by Crippen LogP contribution is 2.28. The Morgan fingerprint density at radius 3 is 2.22 bits per heavy atom. The van der Waals surface area contributed by atoms with Crippen LogP contribution in [0.5, 0.6) is 0 Å². The van der Waals surface area contributed by atoms with Crippen LogP contribution in [0.15, 0.2) is 64.8 Å². The van der Waals surface area contributed by atoms with Crippen molar-refractivity contribution in [2.75, 3.05) is 0 Å². The van der Waals surface area contributed by atoms with Crippen molar-refractivity contribution in [3.8, 4) is 12.1 Å². The Morgan fingerprint density at radius 1 is 1.04 bits per heavy atom. The second-order valence-corrected chi connectivity index (χ2v) is 5.32. The van der Waals surface area contributed by atoms with Crippen molar-refractivity contribution in [2.24, 2.45) is 5.73 Å². The highest BCUT2D eigenvalue weighted by molar-refractivity contribution is 5.70. The van der Waals surface area contributed by atoms with Gasteiger partial charge in [0.25, 0.3) is 0 Å². The van der Waals surface area contributed by atoms with Gasteiger partial charge < -0.3 is 10.5 Å². The molecule has 0 aliphatic carbocycles. The van der Waals surface area contributed by atoms with Crippen LogP contribution in [0.3, 0.4) is 0 Å². The Kier molecular flexibility index (Phi) is 4.69. The molecule has 4 heteroatoms. The van der Waals surface area contributed by atoms with Gasteiger partial charge >= 0.3 is 0 Å². The third-order valence-electron chi connectivity index (χ3n) is 3.58. The lowest BCUT2D eigenvalue weighted by Crippen LogP contribution is -2.10. The number of ether oxygens (including phenoxy) is 1. The topological polar surface area (TPSA) is 82.8 Å². The summed E-state index contributed by atoms with van der Waals surface area (Å²) in [5.41, 5.74) is 10.3. The number of hydrogen-bond acceptors (Lipinski definition) is 4. The van der Waals surface area contributed by atoms with Gasteiger partial charge in [-0.3, -0.25) is 0 Å². The van der Waals surface area contributed by atoms with Gasteiger partial charge in [0.15, 0.2) is 5.76 Å². The number of benzene rings is 1. The lowest BCUT2D eigenvalue weighted by atomic mass is 10.0. The molecule has 2 N–H and O–H groups in total. The summed E-state index contributed by atoms with van der Waals surface area (Å²) >= 11 is 0. The quantitative estimate of drug-likeness (QED) is 0.841. The minimum Gasteiger partial charge on any atom is -0.460 e. The maximum Gasteiger partial charge on any atom is 0.150 e. The van der Waals surface area contributed by atoms with E-state index in [9.17, 15) is 0 Å². The molecule has 1 aliphatic heterocycles. The fourth-order valence-corrected chi connectivity index (χ4v) is 2.21. The van der Waals surface area contributed by atoms with E-state index in [-0.39, 0.29) is 5.57 Å². The predicted molar refractivity (Wildman–Crippen MR) is 89.1 cm³/mol. The molecule has 0 spiro atoms. The third kappa shape index (κ3) is 3.51. The summed E-state index contributed by atoms with van der Waals surface area (Å²) in [4.78, 5) is 0. The first-order valence-corrected chi connectivity index (χ1v) is 7.12. The molecular formula is C19H17N3O. The average molecular weight is 303 g/mol. The van der Waals surface area contributed by atoms with Crippen molar-refractivity contribution in [1.82, 2.24) is 0 Å². The van der Waals surface area contributed by atoms with Gasteiger partial charge in [-0.25, -0.2) is 0 Å². The highest BCUT2D eigenvalue weighted by atomic mass is 16.5. The van der Waals surface area contributed by atoms with E-state index < -0.39 is 0 Å². The van der Waals surface area contributed by atoms with E-state index in [4.69, 9.17) is 21.0 Å². The maximum atomic E-state index is 9.03. The van der Waals surface area contributed by atoms with Gasteiger partial charge in [0.1, 0.15) is 23.5 Å². The molecule has 0 saturated heterocycles. The van der Waals surface area contributed by atoms with Crippen LogP contribution in [0.4, 0.5) is 0 Å². The summed E-state index contributed by atoms with van der Waals surface area (Å²) in [5, 5.41) is 18.1. The normalized spacial score (nSPS) is 14.6. The molecule has 0 saturated carbocycles. The summed E-state index contributed by atoms with van der Waals surface area (Å²) in [5.74, 6) is 1.03. The lowest BCUT2D eigenvalue weighted by molar-refractivity contribution is 0.311. The van der Waals surface area contributed by atoms with E-state index in [0.717, 1.165) is 11.1 Å². The summed E-state index contributed by atoms with van der Waals surface area (Å²) in [7, 11) is 0. The smallest absolute Gasteiger partial charge is 0.150 e. The average Bonchev–Trinajstić information content (AvgIpc) is 2.55. The number of allylic oxidation sites excluding steroid dienone is 6. The Hall–Kier alpha value is -3.24. The number of hydrogen-bond donors (Lipinski definition) is 1. The Bertz CT molecular complexity index is 822. The van der Waals surface area contributed by atoms with Crippen molar-refractivity contribution >= 4 is 5.57 Å². The minimum absolute atomic E-state index is 0.0333. The summed E-state index contributed by atoms with van der Waals surface area (Å²) in [6.45, 7) is 5.69. The largest absolute Gasteiger partial charge is 0.460 e. The van der Waals surface area contributed by atoms with Gasteiger partial charge in [-0.05, 0) is 44.1 Å². The van der Waals surface area contributed by atoms with Gasteiger partial charge in [-0.15, -0.1) is 0 Å². The Balaban J connectivity index is 2.50. The van der Waals surface area contributed by atoms with Gasteiger partial charge in [-0.2, -0.15) is 10.5 Å². The first-order chi connectivity index (χ1) is 11.0. The van der Waals surface area contributed by atoms with Crippen molar-refractivity contribution in [3.05, 3.63) is 75.9 Å². The molecule has 4 nitrogen and oxygen atoms in total. The summed E-state index contributed by atoms with van der Waals surface area (Å²) < 4.78 is 5.67. The van der Waals surface area contributed by atoms with Crippen LogP contribution in [-0.4, -0.2) is 0 Å². The zero-order chi connectivity index (χ0) is 17.0. The Labute approximate surface area is 136 Å². The molecule has 1 aromatic carbocycles. The fraction of sp³-hybridized carbons (Fsp3) is 0.158. The second kappa shape index (κ2) is 6.68. The van der Waals surface area contributed by atoms with Crippen molar-refractivity contribution in [2.45, 2.75) is 20.8 Å². The van der Waals surface area contributed by atoms with Crippen LogP contribution in [0.2, 0.25) is 0 Å². The van der Waals surface area contributed by atoms with Gasteiger partial charge in [0, 0.05) is 5.57 Å². The monoisotopic (exact) mass is 303 g/mol. The first-order valence-electron chi connectivity index (χ1n) is 7.12. The summed E-state index contributed by atoms with van der Waals surface area (Å²) in [6.07, 6.45) is 3.28. The van der Waals surface area contributed by atoms with Crippen LogP contribution in [-0.2, 0) is 4.74 Å². The highest BCUT2D eigenvalue weighted by Gasteiger charge is 2.16. The van der Waals surface area contributed by atoms with Gasteiger partial charge in [0.2, 0.25) is 0 Å². The molecule has 0 amide bonds. The number of nitrogens with zero attached hydrogens (tertiary/aromatic N) is 2. The second-order valence-electron chi connectivity index (χ2n) is 5.32. The van der Waals surface area contributed by atoms with Crippen molar-refractivity contribution < 1.29 is 4.74 Å². The maximum absolute atomic E-state index is 9.03. The van der Waals surface area contributed by atoms with Gasteiger partial charge in [-0.1, -0.05) is 29.8 Å². The van der Waals surface area contributed by atoms with Crippen LogP contribution in [0, 0.1) is 29.6 Å². The molecule has 0 radical (unpaired) electrons.